The zero-order valence-electron chi connectivity index (χ0n) is 12.1. The van der Waals surface area contributed by atoms with Gasteiger partial charge in [0.25, 0.3) is 0 Å². The lowest BCUT2D eigenvalue weighted by molar-refractivity contribution is 0.106. The second-order valence-corrected chi connectivity index (χ2v) is 4.50. The predicted octanol–water partition coefficient (Wildman–Crippen LogP) is 0.916. The zero-order chi connectivity index (χ0) is 15.1. The van der Waals surface area contributed by atoms with Gasteiger partial charge in [0.2, 0.25) is 5.89 Å². The predicted molar refractivity (Wildman–Crippen MR) is 75.2 cm³/mol. The zero-order valence-corrected chi connectivity index (χ0v) is 12.1. The van der Waals surface area contributed by atoms with Gasteiger partial charge >= 0.3 is 0 Å². The number of aromatic nitrogens is 2. The average molecular weight is 293 g/mol. The molecule has 0 fully saturated rings. The van der Waals surface area contributed by atoms with Crippen LogP contribution in [-0.2, 0) is 6.54 Å². The van der Waals surface area contributed by atoms with E-state index in [1.54, 1.807) is 20.1 Å². The summed E-state index contributed by atoms with van der Waals surface area (Å²) in [6, 6.07) is 7.24. The van der Waals surface area contributed by atoms with Crippen molar-refractivity contribution in [3.8, 4) is 11.5 Å². The maximum Gasteiger partial charge on any atom is 0.223 e. The SMILES string of the molecule is COc1cccc(OCC(O)CNCc2noc(C)n2)c1. The van der Waals surface area contributed by atoms with Crippen molar-refractivity contribution in [1.29, 1.82) is 0 Å². The Balaban J connectivity index is 1.68. The highest BCUT2D eigenvalue weighted by Gasteiger charge is 2.07. The first-order chi connectivity index (χ1) is 10.2. The van der Waals surface area contributed by atoms with E-state index < -0.39 is 6.10 Å². The van der Waals surface area contributed by atoms with E-state index in [-0.39, 0.29) is 6.61 Å². The molecule has 0 radical (unpaired) electrons. The van der Waals surface area contributed by atoms with Crippen molar-refractivity contribution in [2.45, 2.75) is 19.6 Å². The Kier molecular flexibility index (Phi) is 5.53. The number of nitrogens with zero attached hydrogens (tertiary/aromatic N) is 2. The van der Waals surface area contributed by atoms with Gasteiger partial charge in [-0.25, -0.2) is 0 Å². The molecule has 1 atom stereocenters. The topological polar surface area (TPSA) is 89.6 Å². The van der Waals surface area contributed by atoms with Crippen LogP contribution in [0.15, 0.2) is 28.8 Å². The van der Waals surface area contributed by atoms with Gasteiger partial charge in [-0.2, -0.15) is 4.98 Å². The van der Waals surface area contributed by atoms with Crippen molar-refractivity contribution in [2.24, 2.45) is 0 Å². The van der Waals surface area contributed by atoms with Gasteiger partial charge in [-0.1, -0.05) is 11.2 Å². The maximum atomic E-state index is 9.84. The second-order valence-electron chi connectivity index (χ2n) is 4.50. The summed E-state index contributed by atoms with van der Waals surface area (Å²) in [6.07, 6.45) is -0.635. The van der Waals surface area contributed by atoms with Crippen LogP contribution in [0.1, 0.15) is 11.7 Å². The third-order valence-electron chi connectivity index (χ3n) is 2.72. The van der Waals surface area contributed by atoms with E-state index in [0.29, 0.717) is 36.3 Å². The van der Waals surface area contributed by atoms with Gasteiger partial charge in [-0.15, -0.1) is 0 Å². The average Bonchev–Trinajstić information content (AvgIpc) is 2.91. The summed E-state index contributed by atoms with van der Waals surface area (Å²) in [7, 11) is 1.59. The fraction of sp³-hybridized carbons (Fsp3) is 0.429. The van der Waals surface area contributed by atoms with Crippen molar-refractivity contribution < 1.29 is 19.1 Å². The van der Waals surface area contributed by atoms with Crippen LogP contribution >= 0.6 is 0 Å². The highest BCUT2D eigenvalue weighted by Crippen LogP contribution is 2.18. The van der Waals surface area contributed by atoms with Crippen LogP contribution in [0.3, 0.4) is 0 Å². The van der Waals surface area contributed by atoms with Gasteiger partial charge in [0.05, 0.1) is 13.7 Å². The van der Waals surface area contributed by atoms with E-state index in [4.69, 9.17) is 14.0 Å². The minimum absolute atomic E-state index is 0.186. The molecule has 0 aliphatic rings. The highest BCUT2D eigenvalue weighted by atomic mass is 16.5. The van der Waals surface area contributed by atoms with Crippen molar-refractivity contribution in [2.75, 3.05) is 20.3 Å². The van der Waals surface area contributed by atoms with E-state index in [0.717, 1.165) is 0 Å². The summed E-state index contributed by atoms with van der Waals surface area (Å²) in [5.41, 5.74) is 0. The molecular weight excluding hydrogens is 274 g/mol. The van der Waals surface area contributed by atoms with Crippen molar-refractivity contribution in [3.05, 3.63) is 36.0 Å². The lowest BCUT2D eigenvalue weighted by Crippen LogP contribution is -2.31. The molecule has 2 N–H and O–H groups in total. The first-order valence-corrected chi connectivity index (χ1v) is 6.62. The summed E-state index contributed by atoms with van der Waals surface area (Å²) < 4.78 is 15.4. The van der Waals surface area contributed by atoms with Crippen LogP contribution in [0.2, 0.25) is 0 Å². The Morgan fingerprint density at radius 1 is 1.38 bits per heavy atom. The molecule has 2 rings (SSSR count). The Hall–Kier alpha value is -2.12. The number of hydrogen-bond acceptors (Lipinski definition) is 7. The number of aliphatic hydroxyl groups is 1. The van der Waals surface area contributed by atoms with Crippen molar-refractivity contribution >= 4 is 0 Å². The van der Waals surface area contributed by atoms with Gasteiger partial charge < -0.3 is 24.4 Å². The molecule has 0 spiro atoms. The molecule has 1 aromatic heterocycles. The van der Waals surface area contributed by atoms with Crippen LogP contribution in [-0.4, -0.2) is 41.6 Å². The Morgan fingerprint density at radius 3 is 2.90 bits per heavy atom. The number of aryl methyl sites for hydroxylation is 1. The first-order valence-electron chi connectivity index (χ1n) is 6.62. The summed E-state index contributed by atoms with van der Waals surface area (Å²) in [6.45, 7) is 2.73. The Morgan fingerprint density at radius 2 is 2.19 bits per heavy atom. The molecule has 0 saturated carbocycles. The standard InChI is InChI=1S/C14H19N3O4/c1-10-16-14(17-21-10)8-15-7-11(18)9-20-13-5-3-4-12(6-13)19-2/h3-6,11,15,18H,7-9H2,1-2H3. The summed E-state index contributed by atoms with van der Waals surface area (Å²) in [5, 5.41) is 16.6. The molecule has 0 saturated heterocycles. The summed E-state index contributed by atoms with van der Waals surface area (Å²) >= 11 is 0. The van der Waals surface area contributed by atoms with E-state index in [2.05, 4.69) is 15.5 Å². The molecule has 0 bridgehead atoms. The van der Waals surface area contributed by atoms with Gasteiger partial charge in [0.1, 0.15) is 24.2 Å². The number of nitrogens with one attached hydrogen (secondary N) is 1. The molecule has 1 aromatic carbocycles. The Bertz CT molecular complexity index is 559. The fourth-order valence-corrected chi connectivity index (χ4v) is 1.71. The molecule has 1 heterocycles. The van der Waals surface area contributed by atoms with Crippen LogP contribution < -0.4 is 14.8 Å². The quantitative estimate of drug-likeness (QED) is 0.748. The molecule has 21 heavy (non-hydrogen) atoms. The van der Waals surface area contributed by atoms with E-state index in [9.17, 15) is 5.11 Å². The van der Waals surface area contributed by atoms with Crippen LogP contribution in [0, 0.1) is 6.92 Å². The number of aliphatic hydroxyl groups excluding tert-OH is 1. The molecule has 1 unspecified atom stereocenters. The van der Waals surface area contributed by atoms with Crippen molar-refractivity contribution in [3.63, 3.8) is 0 Å². The number of benzene rings is 1. The normalized spacial score (nSPS) is 12.1. The molecule has 7 heteroatoms. The number of methoxy groups -OCH3 is 1. The second kappa shape index (κ2) is 7.61. The molecule has 7 nitrogen and oxygen atoms in total. The third kappa shape index (κ3) is 5.05. The monoisotopic (exact) mass is 293 g/mol. The number of ether oxygens (including phenoxy) is 2. The minimum atomic E-state index is -0.635. The molecule has 114 valence electrons. The summed E-state index contributed by atoms with van der Waals surface area (Å²) in [4.78, 5) is 4.05. The van der Waals surface area contributed by atoms with E-state index in [1.165, 1.54) is 0 Å². The third-order valence-corrected chi connectivity index (χ3v) is 2.72. The lowest BCUT2D eigenvalue weighted by Gasteiger charge is -2.13. The van der Waals surface area contributed by atoms with Crippen molar-refractivity contribution in [1.82, 2.24) is 15.5 Å². The Labute approximate surface area is 122 Å². The van der Waals surface area contributed by atoms with Gasteiger partial charge in [-0.05, 0) is 12.1 Å². The van der Waals surface area contributed by atoms with Gasteiger partial charge in [-0.3, -0.25) is 0 Å². The fourth-order valence-electron chi connectivity index (χ4n) is 1.71. The molecule has 2 aromatic rings. The van der Waals surface area contributed by atoms with E-state index in [1.807, 2.05) is 18.2 Å². The number of rotatable bonds is 8. The first kappa shape index (κ1) is 15.3. The smallest absolute Gasteiger partial charge is 0.223 e. The molecule has 0 aliphatic carbocycles. The highest BCUT2D eigenvalue weighted by molar-refractivity contribution is 5.32. The van der Waals surface area contributed by atoms with Gasteiger partial charge in [0, 0.05) is 19.5 Å². The molecule has 0 aliphatic heterocycles. The molecular formula is C14H19N3O4. The largest absolute Gasteiger partial charge is 0.497 e. The lowest BCUT2D eigenvalue weighted by atomic mass is 10.3. The number of hydrogen-bond donors (Lipinski definition) is 2. The summed E-state index contributed by atoms with van der Waals surface area (Å²) in [5.74, 6) is 2.46. The minimum Gasteiger partial charge on any atom is -0.497 e. The van der Waals surface area contributed by atoms with Crippen LogP contribution in [0.5, 0.6) is 11.5 Å². The van der Waals surface area contributed by atoms with Crippen LogP contribution in [0.25, 0.3) is 0 Å². The molecule has 0 amide bonds. The van der Waals surface area contributed by atoms with E-state index >= 15 is 0 Å². The maximum absolute atomic E-state index is 9.84. The van der Waals surface area contributed by atoms with Crippen LogP contribution in [0.4, 0.5) is 0 Å². The van der Waals surface area contributed by atoms with Gasteiger partial charge in [0.15, 0.2) is 5.82 Å².